The van der Waals surface area contributed by atoms with Gasteiger partial charge in [0.2, 0.25) is 11.8 Å². The number of aliphatic hydroxyl groups excluding tert-OH is 2. The first-order valence-corrected chi connectivity index (χ1v) is 7.61. The van der Waals surface area contributed by atoms with Crippen molar-refractivity contribution in [1.29, 1.82) is 0 Å². The zero-order valence-corrected chi connectivity index (χ0v) is 14.0. The maximum atomic E-state index is 11.7. The van der Waals surface area contributed by atoms with Crippen LogP contribution >= 0.6 is 0 Å². The summed E-state index contributed by atoms with van der Waals surface area (Å²) >= 11 is 0. The third kappa shape index (κ3) is 11.0. The smallest absolute Gasteiger partial charge is 0.246 e. The van der Waals surface area contributed by atoms with Gasteiger partial charge in [-0.25, -0.2) is 0 Å². The van der Waals surface area contributed by atoms with Gasteiger partial charge in [0.25, 0.3) is 0 Å². The highest BCUT2D eigenvalue weighted by Crippen LogP contribution is 1.91. The molecule has 0 saturated heterocycles. The molecule has 136 valence electrons. The largest absolute Gasteiger partial charge is 0.394 e. The van der Waals surface area contributed by atoms with Crippen LogP contribution in [0.5, 0.6) is 0 Å². The van der Waals surface area contributed by atoms with E-state index in [0.717, 1.165) is 0 Å². The molecule has 0 aliphatic heterocycles. The van der Waals surface area contributed by atoms with Crippen molar-refractivity contribution in [2.45, 2.75) is 32.0 Å². The van der Waals surface area contributed by atoms with Gasteiger partial charge in [-0.2, -0.15) is 0 Å². The molecule has 23 heavy (non-hydrogen) atoms. The summed E-state index contributed by atoms with van der Waals surface area (Å²) in [6, 6.07) is -0.952. The molecule has 9 nitrogen and oxygen atoms in total. The standard InChI is InChI=1S/C14H29N3O6/c1-10(8-18)17-12(20)9-23-7-6-22-5-4-16-14(21)13(15-3)11(2)19/h10-11,13,15,18-19H,4-9H2,1-3H3,(H,16,21)(H,17,20)/t10-,11?,13?/m1/s1. The van der Waals surface area contributed by atoms with Crippen LogP contribution in [0.15, 0.2) is 0 Å². The summed E-state index contributed by atoms with van der Waals surface area (Å²) in [5, 5.41) is 26.1. The third-order valence-electron chi connectivity index (χ3n) is 2.91. The van der Waals surface area contributed by atoms with Crippen molar-refractivity contribution in [3.05, 3.63) is 0 Å². The Morgan fingerprint density at radius 1 is 1.13 bits per heavy atom. The number of carbonyl (C=O) groups excluding carboxylic acids is 2. The predicted octanol–water partition coefficient (Wildman–Crippen LogP) is -2.40. The lowest BCUT2D eigenvalue weighted by Gasteiger charge is -2.18. The van der Waals surface area contributed by atoms with E-state index in [-0.39, 0.29) is 37.7 Å². The van der Waals surface area contributed by atoms with Gasteiger partial charge < -0.3 is 35.6 Å². The van der Waals surface area contributed by atoms with Crippen molar-refractivity contribution in [1.82, 2.24) is 16.0 Å². The Labute approximate surface area is 136 Å². The monoisotopic (exact) mass is 335 g/mol. The van der Waals surface area contributed by atoms with Gasteiger partial charge >= 0.3 is 0 Å². The number of hydrogen-bond acceptors (Lipinski definition) is 7. The van der Waals surface area contributed by atoms with E-state index < -0.39 is 12.1 Å². The number of ether oxygens (including phenoxy) is 2. The van der Waals surface area contributed by atoms with E-state index in [4.69, 9.17) is 14.6 Å². The Kier molecular flexibility index (Phi) is 12.5. The number of aliphatic hydroxyl groups is 2. The van der Waals surface area contributed by atoms with Crippen LogP contribution in [-0.4, -0.2) is 86.8 Å². The Hall–Kier alpha value is -1.26. The van der Waals surface area contributed by atoms with Gasteiger partial charge in [0.05, 0.1) is 32.5 Å². The number of carbonyl (C=O) groups is 2. The fourth-order valence-electron chi connectivity index (χ4n) is 1.69. The van der Waals surface area contributed by atoms with Crippen molar-refractivity contribution in [2.24, 2.45) is 0 Å². The average molecular weight is 335 g/mol. The zero-order valence-electron chi connectivity index (χ0n) is 14.0. The summed E-state index contributed by atoms with van der Waals surface area (Å²) in [6.07, 6.45) is -0.783. The number of hydrogen-bond donors (Lipinski definition) is 5. The number of likely N-dealkylation sites (N-methyl/N-ethyl adjacent to an activating group) is 1. The molecular formula is C14H29N3O6. The van der Waals surface area contributed by atoms with Crippen molar-refractivity contribution in [2.75, 3.05) is 46.6 Å². The second-order valence-corrected chi connectivity index (χ2v) is 5.11. The minimum Gasteiger partial charge on any atom is -0.394 e. The molecule has 0 aromatic rings. The molecule has 0 aliphatic carbocycles. The van der Waals surface area contributed by atoms with Crippen LogP contribution in [0.3, 0.4) is 0 Å². The van der Waals surface area contributed by atoms with E-state index in [1.165, 1.54) is 6.92 Å². The molecule has 2 amide bonds. The highest BCUT2D eigenvalue weighted by atomic mass is 16.5. The van der Waals surface area contributed by atoms with Crippen LogP contribution in [-0.2, 0) is 19.1 Å². The summed E-state index contributed by atoms with van der Waals surface area (Å²) in [6.45, 7) is 4.17. The topological polar surface area (TPSA) is 129 Å². The Bertz CT molecular complexity index is 340. The highest BCUT2D eigenvalue weighted by Gasteiger charge is 2.20. The van der Waals surface area contributed by atoms with Crippen LogP contribution in [0, 0.1) is 0 Å². The van der Waals surface area contributed by atoms with Gasteiger partial charge in [-0.1, -0.05) is 0 Å². The second kappa shape index (κ2) is 13.2. The van der Waals surface area contributed by atoms with E-state index in [0.29, 0.717) is 19.8 Å². The molecule has 0 rings (SSSR count). The van der Waals surface area contributed by atoms with Gasteiger partial charge in [-0.05, 0) is 20.9 Å². The summed E-state index contributed by atoms with van der Waals surface area (Å²) in [5.41, 5.74) is 0. The van der Waals surface area contributed by atoms with E-state index in [1.54, 1.807) is 14.0 Å². The fraction of sp³-hybridized carbons (Fsp3) is 0.857. The molecule has 2 unspecified atom stereocenters. The molecule has 0 aromatic carbocycles. The molecule has 3 atom stereocenters. The SMILES string of the molecule is CNC(C(=O)NCCOCCOCC(=O)N[C@H](C)CO)C(C)O. The molecule has 0 bridgehead atoms. The molecule has 5 N–H and O–H groups in total. The van der Waals surface area contributed by atoms with Gasteiger partial charge in [0, 0.05) is 12.6 Å². The predicted molar refractivity (Wildman–Crippen MR) is 83.9 cm³/mol. The maximum absolute atomic E-state index is 11.7. The molecule has 0 heterocycles. The molecule has 0 fully saturated rings. The van der Waals surface area contributed by atoms with Crippen LogP contribution in [0.4, 0.5) is 0 Å². The molecule has 0 aromatic heterocycles. The first-order valence-electron chi connectivity index (χ1n) is 7.61. The van der Waals surface area contributed by atoms with Crippen molar-refractivity contribution in [3.63, 3.8) is 0 Å². The van der Waals surface area contributed by atoms with Gasteiger partial charge in [-0.15, -0.1) is 0 Å². The summed E-state index contributed by atoms with van der Waals surface area (Å²) < 4.78 is 10.4. The van der Waals surface area contributed by atoms with E-state index >= 15 is 0 Å². The lowest BCUT2D eigenvalue weighted by atomic mass is 10.2. The lowest BCUT2D eigenvalue weighted by Crippen LogP contribution is -2.49. The number of nitrogens with one attached hydrogen (secondary N) is 3. The minimum absolute atomic E-state index is 0.0946. The summed E-state index contributed by atoms with van der Waals surface area (Å²) in [5.74, 6) is -0.591. The van der Waals surface area contributed by atoms with Crippen LogP contribution in [0.2, 0.25) is 0 Å². The van der Waals surface area contributed by atoms with Crippen LogP contribution in [0.25, 0.3) is 0 Å². The average Bonchev–Trinajstić information content (AvgIpc) is 2.49. The van der Waals surface area contributed by atoms with Crippen molar-refractivity contribution < 1.29 is 29.3 Å². The molecular weight excluding hydrogens is 306 g/mol. The first kappa shape index (κ1) is 21.7. The molecule has 0 spiro atoms. The fourth-order valence-corrected chi connectivity index (χ4v) is 1.69. The van der Waals surface area contributed by atoms with Crippen molar-refractivity contribution >= 4 is 11.8 Å². The molecule has 0 saturated carbocycles. The highest BCUT2D eigenvalue weighted by molar-refractivity contribution is 5.82. The summed E-state index contributed by atoms with van der Waals surface area (Å²) in [4.78, 5) is 23.0. The molecule has 9 heteroatoms. The van der Waals surface area contributed by atoms with Crippen molar-refractivity contribution in [3.8, 4) is 0 Å². The minimum atomic E-state index is -0.783. The lowest BCUT2D eigenvalue weighted by molar-refractivity contribution is -0.127. The van der Waals surface area contributed by atoms with Crippen LogP contribution in [0.1, 0.15) is 13.8 Å². The normalized spacial score (nSPS) is 14.8. The molecule has 0 aliphatic rings. The van der Waals surface area contributed by atoms with E-state index in [9.17, 15) is 14.7 Å². The zero-order chi connectivity index (χ0) is 17.7. The first-order chi connectivity index (χ1) is 10.9. The summed E-state index contributed by atoms with van der Waals surface area (Å²) in [7, 11) is 1.60. The van der Waals surface area contributed by atoms with Gasteiger partial charge in [-0.3, -0.25) is 9.59 Å². The van der Waals surface area contributed by atoms with E-state index in [2.05, 4.69) is 16.0 Å². The Morgan fingerprint density at radius 2 is 1.78 bits per heavy atom. The molecule has 0 radical (unpaired) electrons. The number of amides is 2. The number of rotatable bonds is 13. The second-order valence-electron chi connectivity index (χ2n) is 5.11. The van der Waals surface area contributed by atoms with Gasteiger partial charge in [0.15, 0.2) is 0 Å². The Balaban J connectivity index is 3.53. The van der Waals surface area contributed by atoms with E-state index in [1.807, 2.05) is 0 Å². The van der Waals surface area contributed by atoms with Crippen LogP contribution < -0.4 is 16.0 Å². The third-order valence-corrected chi connectivity index (χ3v) is 2.91. The Morgan fingerprint density at radius 3 is 2.35 bits per heavy atom. The quantitative estimate of drug-likeness (QED) is 0.237. The maximum Gasteiger partial charge on any atom is 0.246 e. The van der Waals surface area contributed by atoms with Gasteiger partial charge in [0.1, 0.15) is 12.6 Å².